The van der Waals surface area contributed by atoms with E-state index in [-0.39, 0.29) is 6.10 Å². The number of aromatic nitrogens is 1. The Labute approximate surface area is 183 Å². The molecule has 0 aliphatic carbocycles. The highest BCUT2D eigenvalue weighted by atomic mass is 16.5. The van der Waals surface area contributed by atoms with Crippen molar-refractivity contribution in [1.82, 2.24) is 10.3 Å². The monoisotopic (exact) mass is 410 g/mol. The average molecular weight is 411 g/mol. The zero-order valence-corrected chi connectivity index (χ0v) is 18.8. The number of nitrogens with zero attached hydrogens (tertiary/aromatic N) is 1. The molecular formula is C26H38N2O2. The number of methoxy groups -OCH3 is 1. The minimum Gasteiger partial charge on any atom is -0.385 e. The van der Waals surface area contributed by atoms with E-state index in [1.807, 2.05) is 30.4 Å². The van der Waals surface area contributed by atoms with Crippen LogP contribution in [0.3, 0.4) is 0 Å². The molecule has 1 N–H and O–H groups in total. The molecule has 164 valence electrons. The molecule has 4 nitrogen and oxygen atoms in total. The molecule has 0 unspecified atom stereocenters. The molecule has 1 atom stereocenters. The highest BCUT2D eigenvalue weighted by Crippen LogP contribution is 2.20. The van der Waals surface area contributed by atoms with Crippen LogP contribution in [0.1, 0.15) is 33.1 Å². The molecule has 0 amide bonds. The van der Waals surface area contributed by atoms with Crippen molar-refractivity contribution in [3.63, 3.8) is 0 Å². The van der Waals surface area contributed by atoms with Crippen LogP contribution in [0.5, 0.6) is 0 Å². The number of rotatable bonds is 10. The molecule has 1 aliphatic rings. The molecule has 1 fully saturated rings. The fraction of sp³-hybridized carbons (Fsp3) is 0.423. The second-order valence-electron chi connectivity index (χ2n) is 6.95. The maximum absolute atomic E-state index is 5.96. The number of ether oxygens (including phenoxy) is 2. The zero-order chi connectivity index (χ0) is 21.9. The smallest absolute Gasteiger partial charge is 0.0952 e. The van der Waals surface area contributed by atoms with E-state index in [0.717, 1.165) is 45.6 Å². The molecular weight excluding hydrogens is 372 g/mol. The van der Waals surface area contributed by atoms with Gasteiger partial charge in [0.25, 0.3) is 0 Å². The fourth-order valence-electron chi connectivity index (χ4n) is 2.99. The first-order valence-corrected chi connectivity index (χ1v) is 10.8. The van der Waals surface area contributed by atoms with Gasteiger partial charge in [-0.05, 0) is 55.0 Å². The third-order valence-corrected chi connectivity index (χ3v) is 4.49. The molecule has 30 heavy (non-hydrogen) atoms. The van der Waals surface area contributed by atoms with E-state index in [2.05, 4.69) is 55.0 Å². The minimum atomic E-state index is 0.126. The van der Waals surface area contributed by atoms with Gasteiger partial charge in [-0.15, -0.1) is 0 Å². The Hall–Kier alpha value is -2.27. The molecule has 1 saturated heterocycles. The maximum atomic E-state index is 5.96. The van der Waals surface area contributed by atoms with Crippen molar-refractivity contribution in [1.29, 1.82) is 0 Å². The van der Waals surface area contributed by atoms with Crippen LogP contribution in [0.25, 0.3) is 0 Å². The summed E-state index contributed by atoms with van der Waals surface area (Å²) in [7, 11) is 1.75. The Morgan fingerprint density at radius 2 is 2.07 bits per heavy atom. The Bertz CT molecular complexity index is 658. The van der Waals surface area contributed by atoms with E-state index in [0.29, 0.717) is 0 Å². The van der Waals surface area contributed by atoms with Crippen LogP contribution in [0, 0.1) is 0 Å². The Morgan fingerprint density at radius 1 is 1.27 bits per heavy atom. The summed E-state index contributed by atoms with van der Waals surface area (Å²) >= 11 is 0. The highest BCUT2D eigenvalue weighted by Gasteiger charge is 2.17. The molecule has 1 aliphatic heterocycles. The van der Waals surface area contributed by atoms with E-state index >= 15 is 0 Å². The quantitative estimate of drug-likeness (QED) is 0.412. The van der Waals surface area contributed by atoms with Crippen molar-refractivity contribution in [2.75, 3.05) is 33.4 Å². The van der Waals surface area contributed by atoms with Gasteiger partial charge < -0.3 is 14.8 Å². The second-order valence-corrected chi connectivity index (χ2v) is 6.95. The largest absolute Gasteiger partial charge is 0.385 e. The Kier molecular flexibility index (Phi) is 15.1. The molecule has 0 radical (unpaired) electrons. The van der Waals surface area contributed by atoms with Gasteiger partial charge in [0, 0.05) is 39.2 Å². The van der Waals surface area contributed by atoms with Crippen LogP contribution < -0.4 is 5.32 Å². The van der Waals surface area contributed by atoms with Crippen LogP contribution in [-0.2, 0) is 9.47 Å². The molecule has 1 aromatic heterocycles. The van der Waals surface area contributed by atoms with E-state index in [4.69, 9.17) is 9.47 Å². The fourth-order valence-corrected chi connectivity index (χ4v) is 2.99. The topological polar surface area (TPSA) is 43.4 Å². The van der Waals surface area contributed by atoms with Gasteiger partial charge in [-0.25, -0.2) is 0 Å². The summed E-state index contributed by atoms with van der Waals surface area (Å²) in [5, 5.41) is 3.42. The molecule has 1 aromatic rings. The van der Waals surface area contributed by atoms with Crippen molar-refractivity contribution in [2.45, 2.75) is 39.2 Å². The van der Waals surface area contributed by atoms with Crippen LogP contribution >= 0.6 is 0 Å². The third-order valence-electron chi connectivity index (χ3n) is 4.49. The van der Waals surface area contributed by atoms with Crippen molar-refractivity contribution in [2.24, 2.45) is 0 Å². The summed E-state index contributed by atoms with van der Waals surface area (Å²) in [4.78, 5) is 3.78. The van der Waals surface area contributed by atoms with E-state index in [1.54, 1.807) is 19.5 Å². The summed E-state index contributed by atoms with van der Waals surface area (Å²) in [6.45, 7) is 11.4. The number of hydrogen-bond acceptors (Lipinski definition) is 4. The van der Waals surface area contributed by atoms with Crippen LogP contribution in [0.4, 0.5) is 0 Å². The first kappa shape index (κ1) is 25.8. The summed E-state index contributed by atoms with van der Waals surface area (Å²) in [5.74, 6) is 0. The molecule has 0 bridgehead atoms. The number of pyridine rings is 1. The lowest BCUT2D eigenvalue weighted by Crippen LogP contribution is -2.39. The van der Waals surface area contributed by atoms with Crippen molar-refractivity contribution in [3.8, 4) is 0 Å². The highest BCUT2D eigenvalue weighted by molar-refractivity contribution is 5.39. The molecule has 4 heteroatoms. The van der Waals surface area contributed by atoms with Gasteiger partial charge in [0.1, 0.15) is 0 Å². The van der Waals surface area contributed by atoms with Crippen LogP contribution in [0.15, 0.2) is 90.3 Å². The zero-order valence-electron chi connectivity index (χ0n) is 18.8. The van der Waals surface area contributed by atoms with E-state index in [9.17, 15) is 0 Å². The summed E-state index contributed by atoms with van der Waals surface area (Å²) in [5.41, 5.74) is 3.81. The Morgan fingerprint density at radius 3 is 2.60 bits per heavy atom. The van der Waals surface area contributed by atoms with Gasteiger partial charge in [0.15, 0.2) is 0 Å². The van der Waals surface area contributed by atoms with Gasteiger partial charge in [-0.1, -0.05) is 56.0 Å². The summed E-state index contributed by atoms with van der Waals surface area (Å²) in [6.07, 6.45) is 19.3. The van der Waals surface area contributed by atoms with Crippen molar-refractivity contribution >= 4 is 0 Å². The first-order chi connectivity index (χ1) is 14.7. The van der Waals surface area contributed by atoms with Crippen molar-refractivity contribution < 1.29 is 9.47 Å². The van der Waals surface area contributed by atoms with Gasteiger partial charge in [0.2, 0.25) is 0 Å². The van der Waals surface area contributed by atoms with Crippen LogP contribution in [-0.4, -0.2) is 44.5 Å². The predicted molar refractivity (Wildman–Crippen MR) is 128 cm³/mol. The number of hydrogen-bond donors (Lipinski definition) is 1. The van der Waals surface area contributed by atoms with Crippen molar-refractivity contribution in [3.05, 3.63) is 90.3 Å². The maximum Gasteiger partial charge on any atom is 0.0952 e. The minimum absolute atomic E-state index is 0.126. The molecule has 2 rings (SSSR count). The summed E-state index contributed by atoms with van der Waals surface area (Å²) in [6, 6.07) is 5.72. The van der Waals surface area contributed by atoms with Gasteiger partial charge in [-0.3, -0.25) is 4.98 Å². The molecule has 0 aromatic carbocycles. The lowest BCUT2D eigenvalue weighted by molar-refractivity contribution is 0.0535. The lowest BCUT2D eigenvalue weighted by Gasteiger charge is -2.26. The first-order valence-electron chi connectivity index (χ1n) is 10.8. The number of morpholine rings is 1. The normalized spacial score (nSPS) is 18.1. The van der Waals surface area contributed by atoms with Gasteiger partial charge >= 0.3 is 0 Å². The SMILES string of the molecule is C=C\C=C/C(=C/C(C)=C(\C=C/CC)[C@H]1CNCCO1)CCCOC.c1ccncc1. The molecule has 0 saturated carbocycles. The average Bonchev–Trinajstić information content (AvgIpc) is 2.80. The number of nitrogens with one attached hydrogen (secondary N) is 1. The summed E-state index contributed by atoms with van der Waals surface area (Å²) < 4.78 is 11.1. The standard InChI is InChI=1S/C21H33NO2.C5H5N/c1-5-7-10-19(11-9-14-23-4)16-18(3)20(12-8-6-2)21-17-22-13-15-24-21;1-2-4-6-5-3-1/h5,7-8,10,12,16,21-22H,1,6,9,11,13-15,17H2,2-4H3;1-5H/b10-7-,12-8-,19-16-,20-18+;/t21-;/m1./s1. The van der Waals surface area contributed by atoms with E-state index < -0.39 is 0 Å². The van der Waals surface area contributed by atoms with Gasteiger partial charge in [-0.2, -0.15) is 0 Å². The van der Waals surface area contributed by atoms with Gasteiger partial charge in [0.05, 0.1) is 12.7 Å². The number of allylic oxidation sites excluding steroid dienone is 7. The van der Waals surface area contributed by atoms with E-state index in [1.165, 1.54) is 16.7 Å². The third kappa shape index (κ3) is 11.7. The molecule has 0 spiro atoms. The predicted octanol–water partition coefficient (Wildman–Crippen LogP) is 5.43. The second kappa shape index (κ2) is 17.6. The Balaban J connectivity index is 0.000000637. The van der Waals surface area contributed by atoms with Crippen LogP contribution in [0.2, 0.25) is 0 Å². The lowest BCUT2D eigenvalue weighted by atomic mass is 9.98. The molecule has 2 heterocycles.